The molecule has 0 N–H and O–H groups in total. The van der Waals surface area contributed by atoms with Gasteiger partial charge in [-0.05, 0) is 49.7 Å². The van der Waals surface area contributed by atoms with Crippen LogP contribution in [0.25, 0.3) is 0 Å². The van der Waals surface area contributed by atoms with Crippen molar-refractivity contribution in [3.8, 4) is 11.8 Å². The smallest absolute Gasteiger partial charge is 0.0507 e. The summed E-state index contributed by atoms with van der Waals surface area (Å²) in [4.78, 5) is 4.60. The maximum Gasteiger partial charge on any atom is 0.0507 e. The van der Waals surface area contributed by atoms with Crippen LogP contribution in [0.15, 0.2) is 40.6 Å². The summed E-state index contributed by atoms with van der Waals surface area (Å²) in [5, 5.41) is 0. The van der Waals surface area contributed by atoms with Gasteiger partial charge in [0.25, 0.3) is 0 Å². The van der Waals surface area contributed by atoms with Crippen molar-refractivity contribution in [2.24, 2.45) is 22.2 Å². The lowest BCUT2D eigenvalue weighted by Crippen LogP contribution is -2.27. The van der Waals surface area contributed by atoms with Crippen LogP contribution in [0.5, 0.6) is 0 Å². The van der Waals surface area contributed by atoms with Crippen LogP contribution in [-0.2, 0) is 0 Å². The van der Waals surface area contributed by atoms with Crippen LogP contribution in [0.2, 0.25) is 0 Å². The Morgan fingerprint density at radius 2 is 2.10 bits per heavy atom. The molecule has 1 atom stereocenters. The van der Waals surface area contributed by atoms with Gasteiger partial charge in [-0.25, -0.2) is 0 Å². The minimum atomic E-state index is 0.118. The third-order valence-corrected chi connectivity index (χ3v) is 4.56. The van der Waals surface area contributed by atoms with Gasteiger partial charge in [-0.3, -0.25) is 4.99 Å². The van der Waals surface area contributed by atoms with Crippen molar-refractivity contribution >= 4 is 5.71 Å². The van der Waals surface area contributed by atoms with Crippen molar-refractivity contribution in [2.45, 2.75) is 54.9 Å². The van der Waals surface area contributed by atoms with Crippen LogP contribution in [-0.4, -0.2) is 5.71 Å². The van der Waals surface area contributed by atoms with Gasteiger partial charge in [-0.1, -0.05) is 51.8 Å². The summed E-state index contributed by atoms with van der Waals surface area (Å²) in [6, 6.07) is 0. The summed E-state index contributed by atoms with van der Waals surface area (Å²) >= 11 is 0. The summed E-state index contributed by atoms with van der Waals surface area (Å²) < 4.78 is 0. The SMILES string of the molecule is CC#CC1CC=CC(C(C)(C)C(C)C)=C1C(C)=N/C=C\C. The van der Waals surface area contributed by atoms with Gasteiger partial charge in [0.1, 0.15) is 0 Å². The Balaban J connectivity index is 3.51. The second-order valence-electron chi connectivity index (χ2n) is 6.49. The van der Waals surface area contributed by atoms with E-state index < -0.39 is 0 Å². The van der Waals surface area contributed by atoms with Crippen molar-refractivity contribution < 1.29 is 0 Å². The fraction of sp³-hybridized carbons (Fsp3) is 0.550. The van der Waals surface area contributed by atoms with Crippen LogP contribution < -0.4 is 0 Å². The molecule has 1 unspecified atom stereocenters. The molecule has 0 bridgehead atoms. The van der Waals surface area contributed by atoms with E-state index in [1.807, 2.05) is 26.1 Å². The summed E-state index contributed by atoms with van der Waals surface area (Å²) in [6.45, 7) is 15.2. The van der Waals surface area contributed by atoms with E-state index in [9.17, 15) is 0 Å². The molecular weight excluding hydrogens is 254 g/mol. The highest BCUT2D eigenvalue weighted by molar-refractivity contribution is 6.01. The molecule has 21 heavy (non-hydrogen) atoms. The van der Waals surface area contributed by atoms with Crippen LogP contribution >= 0.6 is 0 Å². The molecule has 0 saturated heterocycles. The molecule has 1 aliphatic rings. The zero-order chi connectivity index (χ0) is 16.0. The normalized spacial score (nSPS) is 20.2. The van der Waals surface area contributed by atoms with Crippen molar-refractivity contribution in [3.63, 3.8) is 0 Å². The summed E-state index contributed by atoms with van der Waals surface area (Å²) in [5.41, 5.74) is 3.92. The number of allylic oxidation sites excluding steroid dienone is 5. The lowest BCUT2D eigenvalue weighted by Gasteiger charge is -2.36. The molecule has 0 heterocycles. The molecule has 0 fully saturated rings. The molecule has 114 valence electrons. The predicted molar refractivity (Wildman–Crippen MR) is 94.3 cm³/mol. The topological polar surface area (TPSA) is 12.4 Å². The molecule has 1 heteroatoms. The Kier molecular flexibility index (Phi) is 6.21. The minimum absolute atomic E-state index is 0.118. The van der Waals surface area contributed by atoms with Crippen molar-refractivity contribution in [1.29, 1.82) is 0 Å². The molecule has 0 aromatic carbocycles. The first-order valence-corrected chi connectivity index (χ1v) is 7.85. The van der Waals surface area contributed by atoms with Crippen LogP contribution in [0.1, 0.15) is 54.9 Å². The molecule has 0 aromatic rings. The van der Waals surface area contributed by atoms with Gasteiger partial charge in [0.15, 0.2) is 0 Å². The fourth-order valence-corrected chi connectivity index (χ4v) is 2.60. The molecule has 0 aromatic heterocycles. The number of rotatable bonds is 4. The number of nitrogens with zero attached hydrogens (tertiary/aromatic N) is 1. The summed E-state index contributed by atoms with van der Waals surface area (Å²) in [7, 11) is 0. The van der Waals surface area contributed by atoms with E-state index in [-0.39, 0.29) is 11.3 Å². The van der Waals surface area contributed by atoms with E-state index in [1.54, 1.807) is 0 Å². The quantitative estimate of drug-likeness (QED) is 0.473. The molecule has 0 aliphatic heterocycles. The maximum absolute atomic E-state index is 4.60. The Morgan fingerprint density at radius 1 is 1.43 bits per heavy atom. The van der Waals surface area contributed by atoms with E-state index in [2.05, 4.69) is 63.6 Å². The third kappa shape index (κ3) is 3.97. The highest BCUT2D eigenvalue weighted by Gasteiger charge is 2.32. The van der Waals surface area contributed by atoms with Crippen molar-refractivity contribution in [1.82, 2.24) is 0 Å². The maximum atomic E-state index is 4.60. The zero-order valence-corrected chi connectivity index (χ0v) is 14.6. The van der Waals surface area contributed by atoms with Crippen LogP contribution in [0, 0.1) is 29.1 Å². The van der Waals surface area contributed by atoms with E-state index in [0.29, 0.717) is 5.92 Å². The Morgan fingerprint density at radius 3 is 2.62 bits per heavy atom. The van der Waals surface area contributed by atoms with Crippen LogP contribution in [0.3, 0.4) is 0 Å². The second kappa shape index (κ2) is 7.46. The number of hydrogen-bond donors (Lipinski definition) is 0. The van der Waals surface area contributed by atoms with Gasteiger partial charge in [0, 0.05) is 11.9 Å². The van der Waals surface area contributed by atoms with Gasteiger partial charge in [-0.2, -0.15) is 0 Å². The van der Waals surface area contributed by atoms with Crippen molar-refractivity contribution in [3.05, 3.63) is 35.6 Å². The highest BCUT2D eigenvalue weighted by Crippen LogP contribution is 2.42. The molecule has 0 spiro atoms. The van der Waals surface area contributed by atoms with Gasteiger partial charge in [-0.15, -0.1) is 5.92 Å². The predicted octanol–water partition coefficient (Wildman–Crippen LogP) is 5.56. The molecule has 0 amide bonds. The van der Waals surface area contributed by atoms with Gasteiger partial charge in [0.05, 0.1) is 5.92 Å². The number of aliphatic imine (C=N–C) groups is 1. The minimum Gasteiger partial charge on any atom is -0.262 e. The largest absolute Gasteiger partial charge is 0.262 e. The number of hydrogen-bond acceptors (Lipinski definition) is 1. The van der Waals surface area contributed by atoms with E-state index >= 15 is 0 Å². The molecule has 0 saturated carbocycles. The monoisotopic (exact) mass is 283 g/mol. The lowest BCUT2D eigenvalue weighted by molar-refractivity contribution is 0.313. The summed E-state index contributed by atoms with van der Waals surface area (Å²) in [6.07, 6.45) is 9.38. The zero-order valence-electron chi connectivity index (χ0n) is 14.6. The first-order valence-electron chi connectivity index (χ1n) is 7.85. The Bertz CT molecular complexity index is 542. The first kappa shape index (κ1) is 17.5. The lowest BCUT2D eigenvalue weighted by atomic mass is 9.68. The van der Waals surface area contributed by atoms with Crippen LogP contribution in [0.4, 0.5) is 0 Å². The van der Waals surface area contributed by atoms with Gasteiger partial charge in [0.2, 0.25) is 0 Å². The summed E-state index contributed by atoms with van der Waals surface area (Å²) in [5.74, 6) is 7.29. The van der Waals surface area contributed by atoms with E-state index in [1.165, 1.54) is 11.1 Å². The second-order valence-corrected chi connectivity index (χ2v) is 6.49. The molecular formula is C20H29N. The van der Waals surface area contributed by atoms with Crippen molar-refractivity contribution in [2.75, 3.05) is 0 Å². The molecule has 0 radical (unpaired) electrons. The fourth-order valence-electron chi connectivity index (χ4n) is 2.60. The first-order chi connectivity index (χ1) is 9.86. The average molecular weight is 283 g/mol. The molecule has 1 rings (SSSR count). The average Bonchev–Trinajstić information content (AvgIpc) is 2.44. The Hall–Kier alpha value is -1.55. The van der Waals surface area contributed by atoms with Gasteiger partial charge >= 0.3 is 0 Å². The third-order valence-electron chi connectivity index (χ3n) is 4.56. The highest BCUT2D eigenvalue weighted by atomic mass is 14.7. The Labute approximate surface area is 130 Å². The van der Waals surface area contributed by atoms with Gasteiger partial charge < -0.3 is 0 Å². The van der Waals surface area contributed by atoms with E-state index in [4.69, 9.17) is 0 Å². The van der Waals surface area contributed by atoms with E-state index in [0.717, 1.165) is 12.1 Å². The molecule has 1 aliphatic carbocycles. The standard InChI is InChI=1S/C20H29N/c1-8-11-17-12-10-13-18(20(6,7)15(3)4)19(17)16(5)21-14-9-2/h9-10,13-15,17H,12H2,1-7H3/b14-9-,21-16?. The molecule has 1 nitrogen and oxygen atoms in total.